The third-order valence-electron chi connectivity index (χ3n) is 7.10. The summed E-state index contributed by atoms with van der Waals surface area (Å²) in [6, 6.07) is 9.49. The van der Waals surface area contributed by atoms with E-state index in [1.807, 2.05) is 0 Å². The van der Waals surface area contributed by atoms with Gasteiger partial charge >= 0.3 is 11.9 Å². The van der Waals surface area contributed by atoms with E-state index in [0.29, 0.717) is 57.1 Å². The van der Waals surface area contributed by atoms with Gasteiger partial charge in [0.2, 0.25) is 11.8 Å². The Labute approximate surface area is 252 Å². The molecule has 0 radical (unpaired) electrons. The van der Waals surface area contributed by atoms with Gasteiger partial charge in [0.05, 0.1) is 23.7 Å². The van der Waals surface area contributed by atoms with Crippen molar-refractivity contribution in [3.8, 4) is 0 Å². The van der Waals surface area contributed by atoms with Gasteiger partial charge in [0.15, 0.2) is 0 Å². The van der Waals surface area contributed by atoms with Gasteiger partial charge in [-0.1, -0.05) is 72.1 Å². The molecule has 12 heteroatoms. The number of amides is 2. The number of hydrogen-bond donors (Lipinski definition) is 4. The summed E-state index contributed by atoms with van der Waals surface area (Å²) >= 11 is 23.5. The Bertz CT molecular complexity index is 1120. The maximum absolute atomic E-state index is 12.2. The molecule has 2 aromatic rings. The quantitative estimate of drug-likeness (QED) is 0.259. The highest BCUT2D eigenvalue weighted by Gasteiger charge is 2.36. The first-order chi connectivity index (χ1) is 18.9. The highest BCUT2D eigenvalue weighted by molar-refractivity contribution is 6.35. The van der Waals surface area contributed by atoms with Crippen molar-refractivity contribution in [3.63, 3.8) is 0 Å². The summed E-state index contributed by atoms with van der Waals surface area (Å²) in [4.78, 5) is 46.9. The van der Waals surface area contributed by atoms with Gasteiger partial charge in [-0.25, -0.2) is 0 Å². The van der Waals surface area contributed by atoms with E-state index in [1.54, 1.807) is 36.4 Å². The van der Waals surface area contributed by atoms with Gasteiger partial charge < -0.3 is 20.8 Å². The number of hydrogen-bond acceptors (Lipinski definition) is 4. The highest BCUT2D eigenvalue weighted by Crippen LogP contribution is 2.33. The smallest absolute Gasteiger partial charge is 0.307 e. The second-order valence-corrected chi connectivity index (χ2v) is 11.7. The van der Waals surface area contributed by atoms with E-state index in [0.717, 1.165) is 25.7 Å². The lowest BCUT2D eigenvalue weighted by Crippen LogP contribution is -2.36. The maximum atomic E-state index is 12.2. The molecule has 0 aliphatic heterocycles. The summed E-state index contributed by atoms with van der Waals surface area (Å²) in [7, 11) is 0. The number of benzene rings is 2. The summed E-state index contributed by atoms with van der Waals surface area (Å²) in [5, 5.41) is 25.5. The van der Waals surface area contributed by atoms with Crippen LogP contribution in [0, 0.1) is 23.7 Å². The molecular weight excluding hydrogens is 602 g/mol. The van der Waals surface area contributed by atoms with Crippen LogP contribution in [0.5, 0.6) is 0 Å². The number of aliphatic carboxylic acids is 2. The minimum atomic E-state index is -0.908. The van der Waals surface area contributed by atoms with Crippen LogP contribution in [-0.2, 0) is 19.2 Å². The van der Waals surface area contributed by atoms with Crippen LogP contribution >= 0.6 is 46.4 Å². The predicted octanol–water partition coefficient (Wildman–Crippen LogP) is 7.65. The summed E-state index contributed by atoms with van der Waals surface area (Å²) in [5.74, 6) is -4.61. The van der Waals surface area contributed by atoms with Crippen LogP contribution in [0.4, 0.5) is 11.4 Å². The van der Waals surface area contributed by atoms with Gasteiger partial charge in [-0.15, -0.1) is 0 Å². The summed E-state index contributed by atoms with van der Waals surface area (Å²) in [6.07, 6.45) is 5.73. The third kappa shape index (κ3) is 9.26. The molecule has 4 N–H and O–H groups in total. The second kappa shape index (κ2) is 14.9. The zero-order chi connectivity index (χ0) is 29.4. The van der Waals surface area contributed by atoms with E-state index in [9.17, 15) is 29.4 Å². The SMILES string of the molecule is O=C(Nc1cc(Cl)cc(Cl)c1)[C@H]1CCCC[C@H]1C(=O)O.O=C(O)[C@H]1CCCC[C@H]1C(=O)Nc1cc(Cl)cc(Cl)c1. The average molecular weight is 632 g/mol. The van der Waals surface area contributed by atoms with Crippen LogP contribution in [0.15, 0.2) is 36.4 Å². The zero-order valence-electron chi connectivity index (χ0n) is 21.5. The fraction of sp³-hybridized carbons (Fsp3) is 0.429. The maximum Gasteiger partial charge on any atom is 0.307 e. The molecule has 0 heterocycles. The molecule has 2 aliphatic carbocycles. The first-order valence-electron chi connectivity index (χ1n) is 12.9. The Kier molecular flexibility index (Phi) is 11.9. The molecule has 4 rings (SSSR count). The van der Waals surface area contributed by atoms with Crippen LogP contribution in [0.25, 0.3) is 0 Å². The van der Waals surface area contributed by atoms with Crippen molar-refractivity contribution in [1.29, 1.82) is 0 Å². The average Bonchev–Trinajstić information content (AvgIpc) is 2.87. The fourth-order valence-electron chi connectivity index (χ4n) is 5.20. The lowest BCUT2D eigenvalue weighted by Gasteiger charge is -2.27. The fourth-order valence-corrected chi connectivity index (χ4v) is 6.25. The lowest BCUT2D eigenvalue weighted by atomic mass is 9.78. The van der Waals surface area contributed by atoms with Crippen molar-refractivity contribution in [2.24, 2.45) is 23.7 Å². The molecule has 2 aromatic carbocycles. The van der Waals surface area contributed by atoms with Gasteiger partial charge in [0, 0.05) is 31.5 Å². The monoisotopic (exact) mass is 630 g/mol. The Hall–Kier alpha value is -2.52. The van der Waals surface area contributed by atoms with E-state index in [-0.39, 0.29) is 11.8 Å². The summed E-state index contributed by atoms with van der Waals surface area (Å²) in [5.41, 5.74) is 0.976. The Morgan fingerprint density at radius 1 is 0.525 bits per heavy atom. The van der Waals surface area contributed by atoms with Crippen LogP contribution in [0.2, 0.25) is 20.1 Å². The van der Waals surface area contributed by atoms with Crippen LogP contribution < -0.4 is 10.6 Å². The number of carboxylic acid groups (broad SMARTS) is 2. The van der Waals surface area contributed by atoms with E-state index < -0.39 is 35.6 Å². The van der Waals surface area contributed by atoms with Gasteiger partial charge in [0.25, 0.3) is 0 Å². The van der Waals surface area contributed by atoms with Crippen molar-refractivity contribution in [3.05, 3.63) is 56.5 Å². The second-order valence-electron chi connectivity index (χ2n) is 9.97. The Balaban J connectivity index is 0.000000220. The molecular formula is C28H30Cl4N2O6. The summed E-state index contributed by atoms with van der Waals surface area (Å²) in [6.45, 7) is 0. The molecule has 216 valence electrons. The Morgan fingerprint density at radius 3 is 1.07 bits per heavy atom. The van der Waals surface area contributed by atoms with E-state index in [2.05, 4.69) is 10.6 Å². The highest BCUT2D eigenvalue weighted by atomic mass is 35.5. The topological polar surface area (TPSA) is 133 Å². The number of carbonyl (C=O) groups is 4. The molecule has 8 nitrogen and oxygen atoms in total. The van der Waals surface area contributed by atoms with E-state index in [1.165, 1.54) is 0 Å². The first kappa shape index (κ1) is 32.0. The van der Waals surface area contributed by atoms with E-state index >= 15 is 0 Å². The minimum Gasteiger partial charge on any atom is -0.481 e. The molecule has 0 unspecified atom stereocenters. The number of halogens is 4. The van der Waals surface area contributed by atoms with Crippen molar-refractivity contribution in [2.75, 3.05) is 10.6 Å². The molecule has 4 atom stereocenters. The normalized spacial score (nSPS) is 22.3. The van der Waals surface area contributed by atoms with Gasteiger partial charge in [-0.2, -0.15) is 0 Å². The zero-order valence-corrected chi connectivity index (χ0v) is 24.5. The lowest BCUT2D eigenvalue weighted by molar-refractivity contribution is -0.148. The van der Waals surface area contributed by atoms with Gasteiger partial charge in [-0.3, -0.25) is 19.2 Å². The number of nitrogens with one attached hydrogen (secondary N) is 2. The molecule has 2 fully saturated rings. The largest absolute Gasteiger partial charge is 0.481 e. The molecule has 0 saturated heterocycles. The van der Waals surface area contributed by atoms with Crippen molar-refractivity contribution < 1.29 is 29.4 Å². The van der Waals surface area contributed by atoms with Crippen molar-refractivity contribution >= 4 is 81.5 Å². The van der Waals surface area contributed by atoms with Crippen molar-refractivity contribution in [1.82, 2.24) is 0 Å². The summed E-state index contributed by atoms with van der Waals surface area (Å²) < 4.78 is 0. The molecule has 40 heavy (non-hydrogen) atoms. The number of carbonyl (C=O) groups excluding carboxylic acids is 2. The molecule has 0 spiro atoms. The standard InChI is InChI=1S/2C14H15Cl2NO3/c2*15-8-5-9(16)7-10(6-8)17-13(18)11-3-1-2-4-12(11)14(19)20/h2*5-7,11-12H,1-4H2,(H,17,18)(H,19,20)/t2*11-,12+/m10/s1. The number of rotatable bonds is 6. The molecule has 0 aromatic heterocycles. The van der Waals surface area contributed by atoms with Crippen LogP contribution in [0.1, 0.15) is 51.4 Å². The Morgan fingerprint density at radius 2 is 0.800 bits per heavy atom. The predicted molar refractivity (Wildman–Crippen MR) is 156 cm³/mol. The van der Waals surface area contributed by atoms with E-state index in [4.69, 9.17) is 46.4 Å². The molecule has 2 saturated carbocycles. The van der Waals surface area contributed by atoms with Crippen LogP contribution in [0.3, 0.4) is 0 Å². The first-order valence-corrected chi connectivity index (χ1v) is 14.4. The minimum absolute atomic E-state index is 0.282. The van der Waals surface area contributed by atoms with Gasteiger partial charge in [0.1, 0.15) is 0 Å². The molecule has 0 bridgehead atoms. The van der Waals surface area contributed by atoms with Crippen molar-refractivity contribution in [2.45, 2.75) is 51.4 Å². The molecule has 2 amide bonds. The molecule has 2 aliphatic rings. The van der Waals surface area contributed by atoms with Gasteiger partial charge in [-0.05, 0) is 62.1 Å². The number of anilines is 2. The number of carboxylic acids is 2. The third-order valence-corrected chi connectivity index (χ3v) is 7.97. The van der Waals surface area contributed by atoms with Crippen LogP contribution in [-0.4, -0.2) is 34.0 Å².